The molecule has 2 N–H and O–H groups in total. The van der Waals surface area contributed by atoms with E-state index >= 15 is 0 Å². The zero-order valence-corrected chi connectivity index (χ0v) is 15.1. The lowest BCUT2D eigenvalue weighted by Crippen LogP contribution is -2.27. The van der Waals surface area contributed by atoms with Crippen LogP contribution in [-0.4, -0.2) is 28.5 Å². The summed E-state index contributed by atoms with van der Waals surface area (Å²) in [6.07, 6.45) is 14.2. The topological polar surface area (TPSA) is 58.6 Å². The number of unbranched alkanes of at least 4 members (excludes halogenated alkanes) is 1. The third kappa shape index (κ3) is 7.21. The van der Waals surface area contributed by atoms with Crippen LogP contribution in [0.4, 0.5) is 0 Å². The van der Waals surface area contributed by atoms with Gasteiger partial charge in [0.25, 0.3) is 9.05 Å². The Balaban J connectivity index is 1.45. The molecule has 2 aliphatic rings. The van der Waals surface area contributed by atoms with Gasteiger partial charge >= 0.3 is 0 Å². The Labute approximate surface area is 140 Å². The molecule has 2 saturated carbocycles. The smallest absolute Gasteiger partial charge is 0.266 e. The summed E-state index contributed by atoms with van der Waals surface area (Å²) in [5.74, 6) is 3.05. The molecule has 0 radical (unpaired) electrons. The van der Waals surface area contributed by atoms with Crippen LogP contribution in [0, 0.1) is 17.8 Å². The van der Waals surface area contributed by atoms with E-state index in [-0.39, 0.29) is 6.61 Å². The van der Waals surface area contributed by atoms with Crippen LogP contribution in [0.25, 0.3) is 0 Å². The molecule has 0 aromatic rings. The van der Waals surface area contributed by atoms with Crippen LogP contribution in [0.5, 0.6) is 0 Å². The van der Waals surface area contributed by atoms with Gasteiger partial charge in [-0.05, 0) is 43.6 Å². The Kier molecular flexibility index (Phi) is 8.05. The summed E-state index contributed by atoms with van der Waals surface area (Å²) in [5, 5.41) is 3.23. The molecule has 2 fully saturated rings. The fourth-order valence-corrected chi connectivity index (χ4v) is 4.76. The second-order valence-corrected chi connectivity index (χ2v) is 9.33. The highest BCUT2D eigenvalue weighted by Crippen LogP contribution is 2.43. The first-order chi connectivity index (χ1) is 10.5. The number of rotatable bonds is 9. The summed E-state index contributed by atoms with van der Waals surface area (Å²) < 4.78 is 24.1. The maximum atomic E-state index is 10.7. The Morgan fingerprint density at radius 1 is 1.09 bits per heavy atom. The molecule has 4 nitrogen and oxygen atoms in total. The van der Waals surface area contributed by atoms with Gasteiger partial charge in [-0.1, -0.05) is 44.9 Å². The Hall–Kier alpha value is 0.250. The first-order valence-electron chi connectivity index (χ1n) is 8.87. The zero-order valence-electron chi connectivity index (χ0n) is 13.5. The highest BCUT2D eigenvalue weighted by atomic mass is 32.9. The van der Waals surface area contributed by atoms with Crippen LogP contribution in [-0.2, 0) is 24.4 Å². The van der Waals surface area contributed by atoms with E-state index in [2.05, 4.69) is 20.7 Å². The first kappa shape index (κ1) is 18.6. The SMILES string of the molecule is O=S(O)(=S)OCCNCCCCC1CCC2CCCC[C@H]2C1. The average molecular weight is 350 g/mol. The summed E-state index contributed by atoms with van der Waals surface area (Å²) in [6.45, 7) is 1.73. The predicted molar refractivity (Wildman–Crippen MR) is 93.6 cm³/mol. The van der Waals surface area contributed by atoms with Crippen molar-refractivity contribution in [2.75, 3.05) is 19.7 Å². The third-order valence-corrected chi connectivity index (χ3v) is 6.13. The van der Waals surface area contributed by atoms with Crippen LogP contribution in [0.1, 0.15) is 64.2 Å². The summed E-state index contributed by atoms with van der Waals surface area (Å²) in [4.78, 5) is 0. The number of hydrogen-bond donors (Lipinski definition) is 2. The fraction of sp³-hybridized carbons (Fsp3) is 1.00. The van der Waals surface area contributed by atoms with E-state index in [4.69, 9.17) is 4.55 Å². The Morgan fingerprint density at radius 2 is 1.86 bits per heavy atom. The van der Waals surface area contributed by atoms with Crippen molar-refractivity contribution in [3.63, 3.8) is 0 Å². The van der Waals surface area contributed by atoms with Gasteiger partial charge in [-0.15, -0.1) is 0 Å². The lowest BCUT2D eigenvalue weighted by molar-refractivity contribution is 0.124. The van der Waals surface area contributed by atoms with Crippen molar-refractivity contribution < 1.29 is 12.9 Å². The molecule has 4 atom stereocenters. The largest absolute Gasteiger partial charge is 0.314 e. The van der Waals surface area contributed by atoms with E-state index in [0.29, 0.717) is 6.54 Å². The molecule has 22 heavy (non-hydrogen) atoms. The second kappa shape index (κ2) is 9.52. The zero-order chi connectivity index (χ0) is 15.8. The van der Waals surface area contributed by atoms with E-state index in [1.165, 1.54) is 64.2 Å². The van der Waals surface area contributed by atoms with Gasteiger partial charge in [0.15, 0.2) is 0 Å². The van der Waals surface area contributed by atoms with Crippen LogP contribution in [0.2, 0.25) is 0 Å². The lowest BCUT2D eigenvalue weighted by Gasteiger charge is -2.39. The molecule has 3 unspecified atom stereocenters. The summed E-state index contributed by atoms with van der Waals surface area (Å²) in [6, 6.07) is 0. The molecule has 6 heteroatoms. The predicted octanol–water partition coefficient (Wildman–Crippen LogP) is 3.50. The van der Waals surface area contributed by atoms with E-state index in [9.17, 15) is 4.21 Å². The standard InChI is InChI=1S/C16H31NO3S2/c18-22(19,21)20-12-11-17-10-4-3-5-14-8-9-15-6-1-2-7-16(15)13-14/h14-17H,1-13H2,(H,18,19,21)/t14?,15?,16-/m0/s1. The normalized spacial score (nSPS) is 31.4. The van der Waals surface area contributed by atoms with Crippen molar-refractivity contribution in [1.29, 1.82) is 0 Å². The number of hydrogen-bond acceptors (Lipinski definition) is 4. The monoisotopic (exact) mass is 349 g/mol. The summed E-state index contributed by atoms with van der Waals surface area (Å²) >= 11 is 4.25. The molecule has 2 rings (SSSR count). The molecule has 0 saturated heterocycles. The maximum Gasteiger partial charge on any atom is 0.266 e. The van der Waals surface area contributed by atoms with Gasteiger partial charge in [-0.3, -0.25) is 8.74 Å². The molecule has 0 bridgehead atoms. The summed E-state index contributed by atoms with van der Waals surface area (Å²) in [7, 11) is -3.45. The van der Waals surface area contributed by atoms with Crippen molar-refractivity contribution >= 4 is 20.2 Å². The van der Waals surface area contributed by atoms with Crippen molar-refractivity contribution in [1.82, 2.24) is 5.32 Å². The highest BCUT2D eigenvalue weighted by molar-refractivity contribution is 8.27. The number of nitrogens with one attached hydrogen (secondary N) is 1. The summed E-state index contributed by atoms with van der Waals surface area (Å²) in [5.41, 5.74) is 0. The van der Waals surface area contributed by atoms with E-state index in [0.717, 1.165) is 24.3 Å². The Bertz CT molecular complexity index is 414. The van der Waals surface area contributed by atoms with Crippen LogP contribution in [0.3, 0.4) is 0 Å². The van der Waals surface area contributed by atoms with Gasteiger partial charge in [0, 0.05) is 17.7 Å². The van der Waals surface area contributed by atoms with Crippen molar-refractivity contribution in [3.05, 3.63) is 0 Å². The minimum atomic E-state index is -3.45. The molecule has 0 aromatic carbocycles. The number of fused-ring (bicyclic) bond motifs is 1. The fourth-order valence-electron chi connectivity index (χ4n) is 4.26. The minimum Gasteiger partial charge on any atom is -0.314 e. The molecule has 2 aliphatic carbocycles. The van der Waals surface area contributed by atoms with Gasteiger partial charge in [0.05, 0.1) is 6.61 Å². The molecule has 130 valence electrons. The second-order valence-electron chi connectivity index (χ2n) is 6.98. The molecule has 0 spiro atoms. The molecule has 0 amide bonds. The molecular formula is C16H31NO3S2. The maximum absolute atomic E-state index is 10.7. The van der Waals surface area contributed by atoms with Gasteiger partial charge in [0.1, 0.15) is 0 Å². The average Bonchev–Trinajstić information content (AvgIpc) is 2.48. The molecule has 0 aliphatic heterocycles. The van der Waals surface area contributed by atoms with Crippen molar-refractivity contribution in [2.45, 2.75) is 64.2 Å². The molecule has 0 aromatic heterocycles. The first-order valence-corrected chi connectivity index (χ1v) is 11.2. The van der Waals surface area contributed by atoms with Crippen LogP contribution in [0.15, 0.2) is 0 Å². The van der Waals surface area contributed by atoms with E-state index < -0.39 is 9.05 Å². The van der Waals surface area contributed by atoms with Crippen LogP contribution < -0.4 is 5.32 Å². The molecular weight excluding hydrogens is 318 g/mol. The molecule has 0 heterocycles. The van der Waals surface area contributed by atoms with Crippen molar-refractivity contribution in [2.24, 2.45) is 17.8 Å². The van der Waals surface area contributed by atoms with E-state index in [1.807, 2.05) is 0 Å². The van der Waals surface area contributed by atoms with E-state index in [1.54, 1.807) is 0 Å². The van der Waals surface area contributed by atoms with Gasteiger partial charge in [-0.25, -0.2) is 0 Å². The highest BCUT2D eigenvalue weighted by Gasteiger charge is 2.31. The van der Waals surface area contributed by atoms with Crippen LogP contribution >= 0.6 is 0 Å². The third-order valence-electron chi connectivity index (χ3n) is 5.38. The van der Waals surface area contributed by atoms with Gasteiger partial charge in [0.2, 0.25) is 0 Å². The van der Waals surface area contributed by atoms with Gasteiger partial charge in [-0.2, -0.15) is 4.21 Å². The Morgan fingerprint density at radius 3 is 2.64 bits per heavy atom. The lowest BCUT2D eigenvalue weighted by atomic mass is 9.67. The van der Waals surface area contributed by atoms with Gasteiger partial charge < -0.3 is 5.32 Å². The quantitative estimate of drug-likeness (QED) is 0.624. The van der Waals surface area contributed by atoms with Crippen molar-refractivity contribution in [3.8, 4) is 0 Å². The minimum absolute atomic E-state index is 0.199.